The summed E-state index contributed by atoms with van der Waals surface area (Å²) in [6.45, 7) is 2.22. The summed E-state index contributed by atoms with van der Waals surface area (Å²) in [5, 5.41) is 0. The van der Waals surface area contributed by atoms with Crippen LogP contribution in [0.1, 0.15) is 26.2 Å². The quantitative estimate of drug-likeness (QED) is 0.609. The zero-order chi connectivity index (χ0) is 6.69. The Balaban J connectivity index is 2.59. The molecule has 0 saturated heterocycles. The normalized spacial score (nSPS) is 18.9. The monoisotopic (exact) mass is 234 g/mol. The van der Waals surface area contributed by atoms with Crippen molar-refractivity contribution in [3.63, 3.8) is 0 Å². The van der Waals surface area contributed by atoms with Crippen molar-refractivity contribution >= 4 is 22.6 Å². The van der Waals surface area contributed by atoms with Crippen molar-refractivity contribution in [1.82, 2.24) is 0 Å². The topological polar surface area (TPSA) is 0 Å². The van der Waals surface area contributed by atoms with Gasteiger partial charge < -0.3 is 0 Å². The number of allylic oxidation sites excluding steroid dienone is 4. The van der Waals surface area contributed by atoms with Crippen molar-refractivity contribution in [2.75, 3.05) is 0 Å². The number of rotatable bonds is 1. The SMILES string of the molecule is CCC1=CC=C(I)CC1. The maximum absolute atomic E-state index is 2.40. The van der Waals surface area contributed by atoms with Crippen LogP contribution in [-0.2, 0) is 0 Å². The fourth-order valence-corrected chi connectivity index (χ4v) is 1.40. The van der Waals surface area contributed by atoms with Gasteiger partial charge in [0.2, 0.25) is 0 Å². The maximum Gasteiger partial charge on any atom is -0.00909 e. The molecule has 0 aromatic heterocycles. The third kappa shape index (κ3) is 2.12. The van der Waals surface area contributed by atoms with Crippen LogP contribution in [0.4, 0.5) is 0 Å². The second kappa shape index (κ2) is 3.40. The number of hydrogen-bond donors (Lipinski definition) is 0. The summed E-state index contributed by atoms with van der Waals surface area (Å²) < 4.78 is 1.49. The number of halogens is 1. The van der Waals surface area contributed by atoms with Crippen molar-refractivity contribution in [2.45, 2.75) is 26.2 Å². The van der Waals surface area contributed by atoms with Crippen molar-refractivity contribution < 1.29 is 0 Å². The van der Waals surface area contributed by atoms with E-state index in [2.05, 4.69) is 41.7 Å². The summed E-state index contributed by atoms with van der Waals surface area (Å²) in [5.41, 5.74) is 1.59. The first-order valence-corrected chi connectivity index (χ1v) is 4.45. The minimum Gasteiger partial charge on any atom is -0.0701 e. The van der Waals surface area contributed by atoms with Crippen LogP contribution >= 0.6 is 22.6 Å². The fourth-order valence-electron chi connectivity index (χ4n) is 0.950. The minimum atomic E-state index is 1.22. The van der Waals surface area contributed by atoms with Gasteiger partial charge in [-0.3, -0.25) is 0 Å². The molecule has 0 radical (unpaired) electrons. The van der Waals surface area contributed by atoms with Gasteiger partial charge in [0.05, 0.1) is 0 Å². The van der Waals surface area contributed by atoms with E-state index in [1.54, 1.807) is 5.57 Å². The molecule has 0 aromatic carbocycles. The van der Waals surface area contributed by atoms with E-state index in [-0.39, 0.29) is 0 Å². The third-order valence-corrected chi connectivity index (χ3v) is 2.54. The largest absolute Gasteiger partial charge is 0.0701 e. The molecule has 0 unspecified atom stereocenters. The molecular weight excluding hydrogens is 223 g/mol. The van der Waals surface area contributed by atoms with E-state index in [1.807, 2.05) is 0 Å². The first-order valence-electron chi connectivity index (χ1n) is 3.37. The standard InChI is InChI=1S/C8H11I/c1-2-7-3-5-8(9)6-4-7/h3,5H,2,4,6H2,1H3. The summed E-state index contributed by atoms with van der Waals surface area (Å²) >= 11 is 2.40. The van der Waals surface area contributed by atoms with Crippen molar-refractivity contribution in [2.24, 2.45) is 0 Å². The van der Waals surface area contributed by atoms with Gasteiger partial charge in [-0.25, -0.2) is 0 Å². The molecule has 1 heteroatoms. The van der Waals surface area contributed by atoms with Gasteiger partial charge in [-0.05, 0) is 45.4 Å². The molecule has 0 aromatic rings. The minimum absolute atomic E-state index is 1.22. The average Bonchev–Trinajstić information content (AvgIpc) is 1.90. The third-order valence-electron chi connectivity index (χ3n) is 1.64. The average molecular weight is 234 g/mol. The molecule has 0 saturated carbocycles. The zero-order valence-electron chi connectivity index (χ0n) is 5.65. The summed E-state index contributed by atoms with van der Waals surface area (Å²) in [4.78, 5) is 0. The molecular formula is C8H11I. The molecule has 1 aliphatic rings. The van der Waals surface area contributed by atoms with E-state index in [1.165, 1.54) is 22.8 Å². The van der Waals surface area contributed by atoms with Gasteiger partial charge in [-0.1, -0.05) is 24.6 Å². The molecule has 0 bridgehead atoms. The van der Waals surface area contributed by atoms with Crippen LogP contribution in [0.2, 0.25) is 0 Å². The molecule has 0 spiro atoms. The Bertz CT molecular complexity index is 154. The van der Waals surface area contributed by atoms with Crippen LogP contribution in [-0.4, -0.2) is 0 Å². The first kappa shape index (κ1) is 7.32. The van der Waals surface area contributed by atoms with Gasteiger partial charge in [-0.2, -0.15) is 0 Å². The lowest BCUT2D eigenvalue weighted by Gasteiger charge is -2.07. The molecule has 0 amide bonds. The highest BCUT2D eigenvalue weighted by atomic mass is 127. The fraction of sp³-hybridized carbons (Fsp3) is 0.500. The van der Waals surface area contributed by atoms with Crippen molar-refractivity contribution in [3.8, 4) is 0 Å². The molecule has 0 heterocycles. The van der Waals surface area contributed by atoms with Crippen LogP contribution in [0.25, 0.3) is 0 Å². The van der Waals surface area contributed by atoms with Gasteiger partial charge in [0.25, 0.3) is 0 Å². The van der Waals surface area contributed by atoms with Gasteiger partial charge in [-0.15, -0.1) is 0 Å². The maximum atomic E-state index is 2.40. The predicted octanol–water partition coefficient (Wildman–Crippen LogP) is 3.44. The van der Waals surface area contributed by atoms with E-state index in [4.69, 9.17) is 0 Å². The van der Waals surface area contributed by atoms with Gasteiger partial charge in [0.1, 0.15) is 0 Å². The first-order chi connectivity index (χ1) is 4.33. The Morgan fingerprint density at radius 1 is 1.44 bits per heavy atom. The lowest BCUT2D eigenvalue weighted by Crippen LogP contribution is -1.86. The van der Waals surface area contributed by atoms with Crippen molar-refractivity contribution in [1.29, 1.82) is 0 Å². The molecule has 50 valence electrons. The lowest BCUT2D eigenvalue weighted by atomic mass is 10.0. The van der Waals surface area contributed by atoms with E-state index in [0.29, 0.717) is 0 Å². The molecule has 0 atom stereocenters. The zero-order valence-corrected chi connectivity index (χ0v) is 7.81. The van der Waals surface area contributed by atoms with Gasteiger partial charge in [0, 0.05) is 0 Å². The van der Waals surface area contributed by atoms with Crippen molar-refractivity contribution in [3.05, 3.63) is 21.3 Å². The summed E-state index contributed by atoms with van der Waals surface area (Å²) in [5.74, 6) is 0. The van der Waals surface area contributed by atoms with Crippen LogP contribution in [0.5, 0.6) is 0 Å². The Hall–Kier alpha value is 0.210. The Morgan fingerprint density at radius 3 is 2.67 bits per heavy atom. The molecule has 9 heavy (non-hydrogen) atoms. The van der Waals surface area contributed by atoms with Crippen LogP contribution in [0, 0.1) is 0 Å². The smallest absolute Gasteiger partial charge is 0.00909 e. The summed E-state index contributed by atoms with van der Waals surface area (Å²) in [6, 6.07) is 0. The van der Waals surface area contributed by atoms with Crippen LogP contribution < -0.4 is 0 Å². The Labute approximate surface area is 70.2 Å². The van der Waals surface area contributed by atoms with E-state index >= 15 is 0 Å². The highest BCUT2D eigenvalue weighted by Gasteiger charge is 2.00. The molecule has 0 fully saturated rings. The highest BCUT2D eigenvalue weighted by Crippen LogP contribution is 2.23. The number of hydrogen-bond acceptors (Lipinski definition) is 0. The Kier molecular flexibility index (Phi) is 2.76. The van der Waals surface area contributed by atoms with E-state index < -0.39 is 0 Å². The van der Waals surface area contributed by atoms with Gasteiger partial charge >= 0.3 is 0 Å². The van der Waals surface area contributed by atoms with Crippen LogP contribution in [0.15, 0.2) is 21.3 Å². The van der Waals surface area contributed by atoms with E-state index in [0.717, 1.165) is 0 Å². The van der Waals surface area contributed by atoms with Crippen LogP contribution in [0.3, 0.4) is 0 Å². The Morgan fingerprint density at radius 2 is 2.22 bits per heavy atom. The molecule has 0 nitrogen and oxygen atoms in total. The molecule has 0 N–H and O–H groups in total. The molecule has 0 aliphatic heterocycles. The van der Waals surface area contributed by atoms with Gasteiger partial charge in [0.15, 0.2) is 0 Å². The second-order valence-corrected chi connectivity index (χ2v) is 3.68. The molecule has 1 aliphatic carbocycles. The predicted molar refractivity (Wildman–Crippen MR) is 49.7 cm³/mol. The summed E-state index contributed by atoms with van der Waals surface area (Å²) in [6.07, 6.45) is 8.25. The molecule has 1 rings (SSSR count). The highest BCUT2D eigenvalue weighted by molar-refractivity contribution is 14.1. The lowest BCUT2D eigenvalue weighted by molar-refractivity contribution is 0.892. The second-order valence-electron chi connectivity index (χ2n) is 2.29. The summed E-state index contributed by atoms with van der Waals surface area (Å²) in [7, 11) is 0. The van der Waals surface area contributed by atoms with E-state index in [9.17, 15) is 0 Å².